The number of carbonyl (C=O) groups is 1. The second-order valence-corrected chi connectivity index (χ2v) is 3.95. The van der Waals surface area contributed by atoms with Crippen molar-refractivity contribution >= 4 is 16.0 Å². The van der Waals surface area contributed by atoms with Crippen LogP contribution in [0, 0.1) is 0 Å². The molecule has 0 aliphatic carbocycles. The van der Waals surface area contributed by atoms with Crippen molar-refractivity contribution in [1.29, 1.82) is 0 Å². The van der Waals surface area contributed by atoms with Crippen molar-refractivity contribution in [3.8, 4) is 0 Å². The predicted octanol–water partition coefficient (Wildman–Crippen LogP) is -1.71. The molecule has 0 aromatic rings. The number of quaternary nitrogens is 1. The number of halogens is 3. The molecule has 4 N–H and O–H groups in total. The molecule has 0 radical (unpaired) electrons. The van der Waals surface area contributed by atoms with Crippen LogP contribution < -0.4 is 10.2 Å². The van der Waals surface area contributed by atoms with Crippen LogP contribution in [-0.4, -0.2) is 31.6 Å². The van der Waals surface area contributed by atoms with E-state index in [0.717, 1.165) is 0 Å². The summed E-state index contributed by atoms with van der Waals surface area (Å²) in [7, 11) is -5.09. The summed E-state index contributed by atoms with van der Waals surface area (Å²) < 4.78 is 51.6. The molecular weight excluding hydrogens is 243 g/mol. The van der Waals surface area contributed by atoms with E-state index in [0.29, 0.717) is 0 Å². The van der Waals surface area contributed by atoms with Crippen LogP contribution in [0.2, 0.25) is 0 Å². The molecule has 6 nitrogen and oxygen atoms in total. The van der Waals surface area contributed by atoms with E-state index in [9.17, 15) is 31.5 Å². The summed E-state index contributed by atoms with van der Waals surface area (Å²) >= 11 is 0. The summed E-state index contributed by atoms with van der Waals surface area (Å²) in [6, 6.07) is 0. The molecule has 0 saturated heterocycles. The van der Waals surface area contributed by atoms with E-state index in [1.165, 1.54) is 0 Å². The predicted molar refractivity (Wildman–Crippen MR) is 39.6 cm³/mol. The fourth-order valence-electron chi connectivity index (χ4n) is 0.223. The van der Waals surface area contributed by atoms with E-state index in [4.69, 9.17) is 5.11 Å². The van der Waals surface area contributed by atoms with Gasteiger partial charge in [0.05, 0.1) is 0 Å². The molecule has 0 atom stereocenters. The minimum Gasteiger partial charge on any atom is -0.854 e. The monoisotopic (exact) mass is 253 g/mol. The first-order chi connectivity index (χ1) is 6.52. The smallest absolute Gasteiger partial charge is 0.549 e. The molecule has 0 fully saturated rings. The number of sulfonamides is 1. The Kier molecular flexibility index (Phi) is 7.27. The number of carboxylic acid groups (broad SMARTS) is 1. The van der Waals surface area contributed by atoms with Crippen LogP contribution in [0.4, 0.5) is 13.2 Å². The highest BCUT2D eigenvalue weighted by molar-refractivity contribution is 7.85. The first-order valence-corrected chi connectivity index (χ1v) is 5.12. The van der Waals surface area contributed by atoms with Gasteiger partial charge in [-0.05, 0) is 0 Å². The largest absolute Gasteiger partial charge is 0.854 e. The molecule has 0 rings (SSSR count). The van der Waals surface area contributed by atoms with Crippen LogP contribution in [-0.2, 0) is 14.8 Å². The highest BCUT2D eigenvalue weighted by Gasteiger charge is 2.46. The lowest BCUT2D eigenvalue weighted by molar-refractivity contribution is -0.368. The molecule has 0 amide bonds. The van der Waals surface area contributed by atoms with Crippen LogP contribution in [0.15, 0.2) is 0 Å². The van der Waals surface area contributed by atoms with Crippen molar-refractivity contribution < 1.29 is 41.7 Å². The van der Waals surface area contributed by atoms with Crippen molar-refractivity contribution in [2.75, 3.05) is 6.61 Å². The third-order valence-electron chi connectivity index (χ3n) is 0.888. The van der Waals surface area contributed by atoms with Gasteiger partial charge in [0.2, 0.25) is 0 Å². The molecule has 15 heavy (non-hydrogen) atoms. The summed E-state index contributed by atoms with van der Waals surface area (Å²) in [5, 5.41) is 19.4. The van der Waals surface area contributed by atoms with Gasteiger partial charge in [0.1, 0.15) is 0 Å². The maximum absolute atomic E-state index is 10.9. The maximum Gasteiger partial charge on any atom is 0.549 e. The molecule has 0 saturated carbocycles. The Morgan fingerprint density at radius 1 is 1.40 bits per heavy atom. The zero-order valence-electron chi connectivity index (χ0n) is 7.45. The van der Waals surface area contributed by atoms with Gasteiger partial charge in [0.15, 0.2) is 0 Å². The van der Waals surface area contributed by atoms with Gasteiger partial charge in [-0.25, -0.2) is 5.14 Å². The van der Waals surface area contributed by atoms with Crippen molar-refractivity contribution in [1.82, 2.24) is 0 Å². The maximum atomic E-state index is 10.9. The van der Waals surface area contributed by atoms with E-state index in [-0.39, 0.29) is 19.4 Å². The molecular formula is C5H10F3NO5S. The van der Waals surface area contributed by atoms with Gasteiger partial charge in [-0.2, -0.15) is 21.6 Å². The zero-order chi connectivity index (χ0) is 12.7. The second kappa shape index (κ2) is 6.58. The quantitative estimate of drug-likeness (QED) is 0.620. The molecule has 0 unspecified atom stereocenters. The van der Waals surface area contributed by atoms with Gasteiger partial charge in [-0.1, -0.05) is 6.42 Å². The first kappa shape index (κ1) is 16.6. The summed E-state index contributed by atoms with van der Waals surface area (Å²) in [4.78, 5) is 9.62. The molecule has 0 aromatic carbocycles. The minimum atomic E-state index is -5.20. The van der Waals surface area contributed by atoms with Crippen LogP contribution in [0.3, 0.4) is 0 Å². The topological polar surface area (TPSA) is 122 Å². The van der Waals surface area contributed by atoms with E-state index < -0.39 is 21.5 Å². The number of hydrogen-bond donors (Lipinski definition) is 2. The Balaban J connectivity index is 0. The lowest BCUT2D eigenvalue weighted by atomic mass is 10.3. The van der Waals surface area contributed by atoms with E-state index >= 15 is 0 Å². The van der Waals surface area contributed by atoms with E-state index in [2.05, 4.69) is 0 Å². The fourth-order valence-corrected chi connectivity index (χ4v) is 0.223. The van der Waals surface area contributed by atoms with Crippen LogP contribution in [0.5, 0.6) is 0 Å². The van der Waals surface area contributed by atoms with Gasteiger partial charge in [0.25, 0.3) is 0 Å². The van der Waals surface area contributed by atoms with Crippen molar-refractivity contribution in [2.24, 2.45) is 0 Å². The highest BCUT2D eigenvalue weighted by Crippen LogP contribution is 2.17. The molecule has 0 aliphatic rings. The summed E-state index contributed by atoms with van der Waals surface area (Å²) in [6.45, 7) is -0.285. The van der Waals surface area contributed by atoms with Crippen LogP contribution in [0.25, 0.3) is 0 Å². The SMILES string of the molecule is O=C(O)CCC[O-].[NH3+]S(=O)(=O)C(F)(F)F. The standard InChI is InChI=1S/C4H7O3.CH2F3NO2S/c5-3-1-2-4(6)7;2-1(3,4)8(5,6)7/h1-3H2,(H,6,7);(H2,5,6,7)/q-1;/p+1. The molecule has 0 spiro atoms. The number of rotatable bonds is 3. The average Bonchev–Trinajstić information content (AvgIpc) is 1.98. The van der Waals surface area contributed by atoms with Crippen molar-refractivity contribution in [3.63, 3.8) is 0 Å². The lowest BCUT2D eigenvalue weighted by Crippen LogP contribution is -2.62. The summed E-state index contributed by atoms with van der Waals surface area (Å²) in [5.74, 6) is -0.893. The number of carboxylic acids is 1. The van der Waals surface area contributed by atoms with Gasteiger partial charge >= 0.3 is 21.5 Å². The van der Waals surface area contributed by atoms with Crippen molar-refractivity contribution in [3.05, 3.63) is 0 Å². The Hall–Kier alpha value is -0.870. The Morgan fingerprint density at radius 3 is 1.80 bits per heavy atom. The van der Waals surface area contributed by atoms with Gasteiger partial charge in [-0.15, -0.1) is 6.61 Å². The molecule has 10 heteroatoms. The average molecular weight is 253 g/mol. The molecule has 0 aliphatic heterocycles. The summed E-state index contributed by atoms with van der Waals surface area (Å²) in [5.41, 5.74) is -5.20. The third kappa shape index (κ3) is 11.1. The highest BCUT2D eigenvalue weighted by atomic mass is 32.2. The summed E-state index contributed by atoms with van der Waals surface area (Å²) in [6.07, 6.45) is 0.249. The second-order valence-electron chi connectivity index (χ2n) is 2.26. The number of hydrogen-bond acceptors (Lipinski definition) is 4. The van der Waals surface area contributed by atoms with E-state index in [1.807, 2.05) is 5.14 Å². The third-order valence-corrected chi connectivity index (χ3v) is 1.59. The zero-order valence-corrected chi connectivity index (χ0v) is 8.27. The normalized spacial score (nSPS) is 11.5. The van der Waals surface area contributed by atoms with Gasteiger partial charge in [-0.3, -0.25) is 4.79 Å². The van der Waals surface area contributed by atoms with Gasteiger partial charge < -0.3 is 10.2 Å². The molecule has 0 heterocycles. The van der Waals surface area contributed by atoms with Crippen LogP contribution >= 0.6 is 0 Å². The van der Waals surface area contributed by atoms with Gasteiger partial charge in [0, 0.05) is 6.42 Å². The molecule has 92 valence electrons. The first-order valence-electron chi connectivity index (χ1n) is 3.46. The molecule has 0 bridgehead atoms. The van der Waals surface area contributed by atoms with Crippen LogP contribution in [0.1, 0.15) is 12.8 Å². The Morgan fingerprint density at radius 2 is 1.73 bits per heavy atom. The fraction of sp³-hybridized carbons (Fsp3) is 0.800. The molecule has 0 aromatic heterocycles. The Labute approximate surface area is 83.6 Å². The van der Waals surface area contributed by atoms with Crippen molar-refractivity contribution in [2.45, 2.75) is 18.3 Å². The number of aliphatic carboxylic acids is 1. The minimum absolute atomic E-state index is 0.00347. The van der Waals surface area contributed by atoms with E-state index in [1.54, 1.807) is 0 Å². The lowest BCUT2D eigenvalue weighted by Gasteiger charge is -1.96. The Bertz CT molecular complexity index is 286. The number of alkyl halides is 3.